The number of hydrogen-bond acceptors (Lipinski definition) is 1. The predicted octanol–water partition coefficient (Wildman–Crippen LogP) is 3.36. The fourth-order valence-corrected chi connectivity index (χ4v) is 0.678. The molecular formula is C10H15F2N. The molecule has 0 aromatic carbocycles. The predicted molar refractivity (Wildman–Crippen MR) is 51.2 cm³/mol. The van der Waals surface area contributed by atoms with E-state index in [0.717, 1.165) is 0 Å². The topological polar surface area (TPSA) is 26.0 Å². The van der Waals surface area contributed by atoms with E-state index in [4.69, 9.17) is 5.73 Å². The summed E-state index contributed by atoms with van der Waals surface area (Å²) < 4.78 is 24.5. The van der Waals surface area contributed by atoms with Crippen LogP contribution in [0.25, 0.3) is 0 Å². The molecule has 2 N–H and O–H groups in total. The third kappa shape index (κ3) is 7.25. The Labute approximate surface area is 77.6 Å². The number of hydrogen-bond donors (Lipinski definition) is 1. The second kappa shape index (κ2) is 6.40. The van der Waals surface area contributed by atoms with Gasteiger partial charge in [-0.3, -0.25) is 0 Å². The van der Waals surface area contributed by atoms with Crippen LogP contribution in [0.3, 0.4) is 0 Å². The maximum atomic E-state index is 12.4. The summed E-state index contributed by atoms with van der Waals surface area (Å²) in [6.45, 7) is 2.70. The number of halogens is 2. The van der Waals surface area contributed by atoms with Crippen LogP contribution in [0.2, 0.25) is 0 Å². The van der Waals surface area contributed by atoms with Crippen LogP contribution >= 0.6 is 0 Å². The van der Waals surface area contributed by atoms with Gasteiger partial charge < -0.3 is 5.73 Å². The van der Waals surface area contributed by atoms with E-state index in [2.05, 4.69) is 0 Å². The SMILES string of the molecule is C/C(F)=C(/N)C/C=C\C/C=C(\C)F. The Kier molecular flexibility index (Phi) is 5.85. The summed E-state index contributed by atoms with van der Waals surface area (Å²) in [7, 11) is 0. The van der Waals surface area contributed by atoms with Crippen LogP contribution in [0.15, 0.2) is 35.6 Å². The van der Waals surface area contributed by atoms with Crippen LogP contribution in [-0.2, 0) is 0 Å². The molecule has 0 heterocycles. The Balaban J connectivity index is 3.78. The van der Waals surface area contributed by atoms with Crippen molar-refractivity contribution in [2.45, 2.75) is 26.7 Å². The molecule has 0 aliphatic rings. The van der Waals surface area contributed by atoms with Crippen molar-refractivity contribution in [2.24, 2.45) is 5.73 Å². The van der Waals surface area contributed by atoms with Gasteiger partial charge in [-0.2, -0.15) is 0 Å². The molecule has 0 saturated heterocycles. The lowest BCUT2D eigenvalue weighted by atomic mass is 10.2. The average molecular weight is 187 g/mol. The maximum absolute atomic E-state index is 12.4. The molecule has 0 spiro atoms. The molecule has 0 unspecified atom stereocenters. The van der Waals surface area contributed by atoms with E-state index in [9.17, 15) is 8.78 Å². The normalized spacial score (nSPS) is 14.9. The van der Waals surface area contributed by atoms with Crippen molar-refractivity contribution in [1.82, 2.24) is 0 Å². The first-order chi connectivity index (χ1) is 6.04. The van der Waals surface area contributed by atoms with E-state index >= 15 is 0 Å². The third-order valence-corrected chi connectivity index (χ3v) is 1.48. The molecule has 1 nitrogen and oxygen atoms in total. The van der Waals surface area contributed by atoms with Crippen molar-refractivity contribution in [3.05, 3.63) is 35.6 Å². The summed E-state index contributed by atoms with van der Waals surface area (Å²) in [6.07, 6.45) is 5.80. The van der Waals surface area contributed by atoms with Crippen LogP contribution in [0.1, 0.15) is 26.7 Å². The first-order valence-corrected chi connectivity index (χ1v) is 4.12. The van der Waals surface area contributed by atoms with Crippen LogP contribution in [0.4, 0.5) is 8.78 Å². The summed E-state index contributed by atoms with van der Waals surface area (Å²) in [5.74, 6) is -0.572. The smallest absolute Gasteiger partial charge is 0.116 e. The maximum Gasteiger partial charge on any atom is 0.116 e. The highest BCUT2D eigenvalue weighted by molar-refractivity contribution is 5.07. The second-order valence-corrected chi connectivity index (χ2v) is 2.76. The largest absolute Gasteiger partial charge is 0.400 e. The lowest BCUT2D eigenvalue weighted by molar-refractivity contribution is 0.621. The monoisotopic (exact) mass is 187 g/mol. The molecule has 0 aromatic rings. The average Bonchev–Trinajstić information content (AvgIpc) is 2.02. The highest BCUT2D eigenvalue weighted by atomic mass is 19.1. The van der Waals surface area contributed by atoms with E-state index in [1.807, 2.05) is 0 Å². The molecule has 0 aliphatic carbocycles. The van der Waals surface area contributed by atoms with Crippen molar-refractivity contribution in [3.63, 3.8) is 0 Å². The van der Waals surface area contributed by atoms with Gasteiger partial charge in [-0.25, -0.2) is 8.78 Å². The van der Waals surface area contributed by atoms with Gasteiger partial charge in [0.25, 0.3) is 0 Å². The van der Waals surface area contributed by atoms with Crippen molar-refractivity contribution in [1.29, 1.82) is 0 Å². The summed E-state index contributed by atoms with van der Waals surface area (Å²) in [5, 5.41) is 0. The molecule has 0 aliphatic heterocycles. The van der Waals surface area contributed by atoms with Crippen LogP contribution in [0.5, 0.6) is 0 Å². The van der Waals surface area contributed by atoms with E-state index in [-0.39, 0.29) is 17.4 Å². The Morgan fingerprint density at radius 1 is 1.23 bits per heavy atom. The Morgan fingerprint density at radius 3 is 2.31 bits per heavy atom. The molecule has 0 fully saturated rings. The van der Waals surface area contributed by atoms with E-state index in [1.54, 1.807) is 12.2 Å². The third-order valence-electron chi connectivity index (χ3n) is 1.48. The van der Waals surface area contributed by atoms with Crippen LogP contribution in [0, 0.1) is 0 Å². The standard InChI is InChI=1S/C10H15F2N/c1-8(11)6-4-3-5-7-10(13)9(2)12/h3,5-6H,4,7,13H2,1-2H3/b5-3-,8-6+,10-9-. The highest BCUT2D eigenvalue weighted by Gasteiger charge is 1.91. The Bertz CT molecular complexity index is 231. The molecular weight excluding hydrogens is 172 g/mol. The van der Waals surface area contributed by atoms with Gasteiger partial charge in [0.2, 0.25) is 0 Å². The minimum absolute atomic E-state index is 0.213. The first-order valence-electron chi connectivity index (χ1n) is 4.12. The van der Waals surface area contributed by atoms with E-state index < -0.39 is 0 Å². The molecule has 0 saturated carbocycles. The Hall–Kier alpha value is -1.12. The zero-order valence-corrected chi connectivity index (χ0v) is 7.98. The van der Waals surface area contributed by atoms with Gasteiger partial charge in [-0.05, 0) is 26.3 Å². The van der Waals surface area contributed by atoms with Gasteiger partial charge in [0.15, 0.2) is 0 Å². The second-order valence-electron chi connectivity index (χ2n) is 2.76. The minimum Gasteiger partial charge on any atom is -0.400 e. The van der Waals surface area contributed by atoms with Crippen molar-refractivity contribution in [3.8, 4) is 0 Å². The lowest BCUT2D eigenvalue weighted by Gasteiger charge is -1.94. The molecule has 0 bridgehead atoms. The number of allylic oxidation sites excluding steroid dienone is 5. The van der Waals surface area contributed by atoms with Gasteiger partial charge in [-0.15, -0.1) is 0 Å². The fraction of sp³-hybridized carbons (Fsp3) is 0.400. The summed E-state index contributed by atoms with van der Waals surface area (Å²) >= 11 is 0. The Morgan fingerprint density at radius 2 is 1.85 bits per heavy atom. The van der Waals surface area contributed by atoms with Crippen molar-refractivity contribution >= 4 is 0 Å². The molecule has 0 radical (unpaired) electrons. The van der Waals surface area contributed by atoms with E-state index in [1.165, 1.54) is 19.9 Å². The van der Waals surface area contributed by atoms with Crippen LogP contribution < -0.4 is 5.73 Å². The zero-order valence-electron chi connectivity index (χ0n) is 7.98. The molecule has 0 amide bonds. The molecule has 0 atom stereocenters. The first kappa shape index (κ1) is 11.9. The molecule has 3 heteroatoms. The van der Waals surface area contributed by atoms with Gasteiger partial charge in [0.1, 0.15) is 5.83 Å². The molecule has 74 valence electrons. The summed E-state index contributed by atoms with van der Waals surface area (Å²) in [5.41, 5.74) is 5.54. The quantitative estimate of drug-likeness (QED) is 0.671. The number of nitrogens with two attached hydrogens (primary N) is 1. The van der Waals surface area contributed by atoms with E-state index in [0.29, 0.717) is 12.8 Å². The molecule has 0 aromatic heterocycles. The van der Waals surface area contributed by atoms with Gasteiger partial charge in [-0.1, -0.05) is 12.2 Å². The summed E-state index contributed by atoms with van der Waals surface area (Å²) in [6, 6.07) is 0. The molecule has 13 heavy (non-hydrogen) atoms. The highest BCUT2D eigenvalue weighted by Crippen LogP contribution is 2.04. The van der Waals surface area contributed by atoms with Crippen molar-refractivity contribution in [2.75, 3.05) is 0 Å². The van der Waals surface area contributed by atoms with Gasteiger partial charge >= 0.3 is 0 Å². The number of rotatable bonds is 4. The van der Waals surface area contributed by atoms with Crippen molar-refractivity contribution < 1.29 is 8.78 Å². The van der Waals surface area contributed by atoms with Gasteiger partial charge in [0, 0.05) is 12.1 Å². The fourth-order valence-electron chi connectivity index (χ4n) is 0.678. The van der Waals surface area contributed by atoms with Crippen LogP contribution in [-0.4, -0.2) is 0 Å². The lowest BCUT2D eigenvalue weighted by Crippen LogP contribution is -1.96. The zero-order chi connectivity index (χ0) is 10.3. The summed E-state index contributed by atoms with van der Waals surface area (Å²) in [4.78, 5) is 0. The minimum atomic E-state index is -0.359. The van der Waals surface area contributed by atoms with Gasteiger partial charge in [0.05, 0.1) is 5.83 Å². The molecule has 0 rings (SSSR count).